The Morgan fingerprint density at radius 2 is 0.903 bits per heavy atom. The van der Waals surface area contributed by atoms with Crippen molar-refractivity contribution in [3.05, 3.63) is 102 Å². The van der Waals surface area contributed by atoms with Crippen molar-refractivity contribution in [2.24, 2.45) is 0 Å². The molecule has 0 atom stereocenters. The van der Waals surface area contributed by atoms with Gasteiger partial charge in [-0.25, -0.2) is 0 Å². The minimum atomic E-state index is -6.00. The summed E-state index contributed by atoms with van der Waals surface area (Å²) in [6, 6.07) is 32.8. The zero-order valence-electron chi connectivity index (χ0n) is 17.2. The maximum atomic E-state index is 9.75. The first-order chi connectivity index (χ1) is 14.7. The van der Waals surface area contributed by atoms with Crippen LogP contribution >= 0.6 is 11.3 Å². The summed E-state index contributed by atoms with van der Waals surface area (Å²) in [6.45, 7) is 4.26. The van der Waals surface area contributed by atoms with E-state index in [0.29, 0.717) is 0 Å². The van der Waals surface area contributed by atoms with Gasteiger partial charge in [-0.05, 0) is 49.2 Å². The van der Waals surface area contributed by atoms with E-state index in [9.17, 15) is 17.3 Å². The first-order valence-corrected chi connectivity index (χ1v) is 10.6. The highest BCUT2D eigenvalue weighted by atomic mass is 32.1. The minimum absolute atomic E-state index is 1.25. The molecule has 3 aromatic carbocycles. The predicted molar refractivity (Wildman–Crippen MR) is 125 cm³/mol. The highest BCUT2D eigenvalue weighted by Gasteiger charge is 2.21. The highest BCUT2D eigenvalue weighted by molar-refractivity contribution is 7.18. The molecule has 0 amide bonds. The molecule has 4 aromatic rings. The van der Waals surface area contributed by atoms with E-state index < -0.39 is 7.25 Å². The Labute approximate surface area is 184 Å². The fraction of sp³-hybridized carbons (Fsp3) is 0.0800. The molecule has 0 aliphatic carbocycles. The molecule has 0 spiro atoms. The number of benzene rings is 3. The first kappa shape index (κ1) is 22.7. The average Bonchev–Trinajstić information content (AvgIpc) is 2.74. The van der Waals surface area contributed by atoms with Gasteiger partial charge < -0.3 is 17.3 Å². The summed E-state index contributed by atoms with van der Waals surface area (Å²) in [6.07, 6.45) is 0. The molecule has 0 aliphatic rings. The molecular formula is C25H21BF4S. The van der Waals surface area contributed by atoms with Crippen molar-refractivity contribution in [2.45, 2.75) is 13.8 Å². The van der Waals surface area contributed by atoms with Crippen LogP contribution in [0.1, 0.15) is 11.1 Å². The minimum Gasteiger partial charge on any atom is -0.418 e. The van der Waals surface area contributed by atoms with Crippen LogP contribution < -0.4 is 0 Å². The van der Waals surface area contributed by atoms with Crippen LogP contribution in [0.25, 0.3) is 32.0 Å². The molecule has 31 heavy (non-hydrogen) atoms. The molecule has 0 N–H and O–H groups in total. The van der Waals surface area contributed by atoms with Crippen LogP contribution in [0, 0.1) is 13.8 Å². The molecule has 0 fully saturated rings. The summed E-state index contributed by atoms with van der Waals surface area (Å²) in [5.41, 5.74) is 7.63. The van der Waals surface area contributed by atoms with Crippen LogP contribution in [0.2, 0.25) is 0 Å². The quantitative estimate of drug-likeness (QED) is 0.169. The lowest BCUT2D eigenvalue weighted by molar-refractivity contribution is 0.368. The van der Waals surface area contributed by atoms with Crippen molar-refractivity contribution < 1.29 is 17.3 Å². The lowest BCUT2D eigenvalue weighted by Gasteiger charge is -2.03. The van der Waals surface area contributed by atoms with Gasteiger partial charge in [0.2, 0.25) is 21.1 Å². The average molecular weight is 440 g/mol. The zero-order valence-corrected chi connectivity index (χ0v) is 18.0. The predicted octanol–water partition coefficient (Wildman–Crippen LogP) is 8.95. The van der Waals surface area contributed by atoms with Crippen molar-refractivity contribution in [2.75, 3.05) is 0 Å². The number of hydrogen-bond donors (Lipinski definition) is 0. The first-order valence-electron chi connectivity index (χ1n) is 9.74. The smallest absolute Gasteiger partial charge is 0.418 e. The Morgan fingerprint density at radius 3 is 1.29 bits per heavy atom. The zero-order chi connectivity index (χ0) is 22.4. The molecule has 0 unspecified atom stereocenters. The van der Waals surface area contributed by atoms with Crippen molar-refractivity contribution in [3.63, 3.8) is 0 Å². The third kappa shape index (κ3) is 7.04. The monoisotopic (exact) mass is 440 g/mol. The second-order valence-electron chi connectivity index (χ2n) is 7.17. The van der Waals surface area contributed by atoms with Gasteiger partial charge in [0, 0.05) is 23.3 Å². The van der Waals surface area contributed by atoms with Crippen LogP contribution in [-0.2, 0) is 0 Å². The molecular weight excluding hydrogens is 419 g/mol. The molecule has 4 rings (SSSR count). The van der Waals surface area contributed by atoms with Gasteiger partial charge in [-0.15, -0.1) is 0 Å². The van der Waals surface area contributed by atoms with Gasteiger partial charge in [0.05, 0.1) is 0 Å². The van der Waals surface area contributed by atoms with Gasteiger partial charge in [0.1, 0.15) is 0 Å². The third-order valence-corrected chi connectivity index (χ3v) is 5.72. The highest BCUT2D eigenvalue weighted by Crippen LogP contribution is 2.37. The van der Waals surface area contributed by atoms with Crippen LogP contribution in [0.5, 0.6) is 0 Å². The van der Waals surface area contributed by atoms with E-state index >= 15 is 0 Å². The Bertz CT molecular complexity index is 1050. The fourth-order valence-corrected chi connectivity index (χ4v) is 4.14. The lowest BCUT2D eigenvalue weighted by Crippen LogP contribution is -2.02. The standard InChI is InChI=1S/C25H21S.BF4/c1-18-8-12-21(13-9-18)24-16-23(20-6-4-3-5-7-20)17-25(26-24)22-14-10-19(2)11-15-22;2-1(3,4)5/h3-17H,1-2H3;/q+1;-1. The summed E-state index contributed by atoms with van der Waals surface area (Å²) in [4.78, 5) is 2.59. The number of hydrogen-bond acceptors (Lipinski definition) is 0. The fourth-order valence-electron chi connectivity index (χ4n) is 3.02. The number of rotatable bonds is 3. The normalized spacial score (nSPS) is 10.9. The third-order valence-electron chi connectivity index (χ3n) is 4.57. The van der Waals surface area contributed by atoms with Crippen molar-refractivity contribution in [1.29, 1.82) is 0 Å². The van der Waals surface area contributed by atoms with E-state index in [1.165, 1.54) is 43.1 Å². The van der Waals surface area contributed by atoms with E-state index in [4.69, 9.17) is 0 Å². The summed E-state index contributed by atoms with van der Waals surface area (Å²) >= 11 is 1.85. The van der Waals surface area contributed by atoms with Crippen LogP contribution in [0.15, 0.2) is 91.0 Å². The van der Waals surface area contributed by atoms with E-state index in [1.54, 1.807) is 0 Å². The van der Waals surface area contributed by atoms with Crippen molar-refractivity contribution >= 4 is 18.6 Å². The topological polar surface area (TPSA) is 0 Å². The number of aryl methyl sites for hydroxylation is 2. The van der Waals surface area contributed by atoms with E-state index in [1.807, 2.05) is 11.3 Å². The van der Waals surface area contributed by atoms with Crippen LogP contribution in [-0.4, -0.2) is 7.25 Å². The molecule has 0 saturated heterocycles. The van der Waals surface area contributed by atoms with Gasteiger partial charge in [-0.2, -0.15) is 0 Å². The summed E-state index contributed by atoms with van der Waals surface area (Å²) in [7, 11) is -6.00. The summed E-state index contributed by atoms with van der Waals surface area (Å²) in [5, 5.41) is 0. The van der Waals surface area contributed by atoms with Gasteiger partial charge >= 0.3 is 7.25 Å². The Balaban J connectivity index is 0.000000491. The summed E-state index contributed by atoms with van der Waals surface area (Å²) in [5.74, 6) is 0. The van der Waals surface area contributed by atoms with Gasteiger partial charge in [0.25, 0.3) is 0 Å². The van der Waals surface area contributed by atoms with Crippen molar-refractivity contribution in [3.8, 4) is 32.0 Å². The van der Waals surface area contributed by atoms with Gasteiger partial charge in [0.15, 0.2) is 0 Å². The van der Waals surface area contributed by atoms with Gasteiger partial charge in [-0.1, -0.05) is 65.7 Å². The number of halogens is 4. The maximum Gasteiger partial charge on any atom is 0.673 e. The molecule has 0 saturated carbocycles. The largest absolute Gasteiger partial charge is 0.673 e. The van der Waals surface area contributed by atoms with E-state index in [2.05, 4.69) is 105 Å². The van der Waals surface area contributed by atoms with E-state index in [-0.39, 0.29) is 0 Å². The molecule has 0 nitrogen and oxygen atoms in total. The second-order valence-corrected chi connectivity index (χ2v) is 8.25. The summed E-state index contributed by atoms with van der Waals surface area (Å²) < 4.78 is 39.0. The van der Waals surface area contributed by atoms with E-state index in [0.717, 1.165) is 0 Å². The van der Waals surface area contributed by atoms with Crippen LogP contribution in [0.3, 0.4) is 0 Å². The molecule has 1 heterocycles. The second kappa shape index (κ2) is 9.88. The van der Waals surface area contributed by atoms with Gasteiger partial charge in [-0.3, -0.25) is 0 Å². The van der Waals surface area contributed by atoms with Crippen molar-refractivity contribution in [1.82, 2.24) is 0 Å². The molecule has 158 valence electrons. The van der Waals surface area contributed by atoms with Crippen LogP contribution in [0.4, 0.5) is 17.3 Å². The molecule has 0 aliphatic heterocycles. The Kier molecular flexibility index (Phi) is 7.23. The SMILES string of the molecule is Cc1ccc(-c2cc(-c3ccccc3)cc(-c3ccc(C)cc3)[s+]2)cc1.F[B-](F)(F)F. The molecule has 6 heteroatoms. The molecule has 0 bridgehead atoms. The molecule has 1 aromatic heterocycles. The molecule has 0 radical (unpaired) electrons. The lowest BCUT2D eigenvalue weighted by atomic mass is 10.0. The maximum absolute atomic E-state index is 9.75. The Morgan fingerprint density at radius 1 is 0.516 bits per heavy atom. The Hall–Kier alpha value is -2.99.